The first-order valence-electron chi connectivity index (χ1n) is 8.65. The summed E-state index contributed by atoms with van der Waals surface area (Å²) in [6.07, 6.45) is -7.28. The summed E-state index contributed by atoms with van der Waals surface area (Å²) in [5.74, 6) is 0.233. The second-order valence-electron chi connectivity index (χ2n) is 6.19. The highest BCUT2D eigenvalue weighted by Crippen LogP contribution is 2.35. The van der Waals surface area contributed by atoms with Crippen molar-refractivity contribution in [1.82, 2.24) is 15.0 Å². The first-order chi connectivity index (χ1) is 14.5. The molecule has 31 heavy (non-hydrogen) atoms. The number of nitrogens with one attached hydrogen (secondary N) is 1. The Morgan fingerprint density at radius 1 is 0.871 bits per heavy atom. The van der Waals surface area contributed by atoms with Gasteiger partial charge < -0.3 is 10.1 Å². The van der Waals surface area contributed by atoms with E-state index in [2.05, 4.69) is 20.3 Å². The molecule has 0 radical (unpaired) electrons. The van der Waals surface area contributed by atoms with Crippen molar-refractivity contribution in [3.63, 3.8) is 0 Å². The van der Waals surface area contributed by atoms with E-state index < -0.39 is 28.6 Å². The van der Waals surface area contributed by atoms with Gasteiger partial charge in [-0.2, -0.15) is 26.3 Å². The summed E-state index contributed by atoms with van der Waals surface area (Å²) in [6.45, 7) is 0.245. The molecule has 0 aliphatic heterocycles. The van der Waals surface area contributed by atoms with Crippen LogP contribution in [-0.4, -0.2) is 21.5 Å². The number of hydrogen-bond donors (Lipinski definition) is 1. The Morgan fingerprint density at radius 2 is 1.58 bits per heavy atom. The highest BCUT2D eigenvalue weighted by atomic mass is 35.5. The number of ether oxygens (including phenoxy) is 1. The maximum atomic E-state index is 12.8. The van der Waals surface area contributed by atoms with Crippen LogP contribution in [0.1, 0.15) is 16.8 Å². The second-order valence-corrected chi connectivity index (χ2v) is 6.57. The second kappa shape index (κ2) is 8.96. The molecular weight excluding hydrogens is 450 g/mol. The van der Waals surface area contributed by atoms with Gasteiger partial charge in [0.1, 0.15) is 22.9 Å². The Morgan fingerprint density at radius 3 is 2.16 bits per heavy atom. The van der Waals surface area contributed by atoms with Crippen LogP contribution in [0.3, 0.4) is 0 Å². The minimum atomic E-state index is -4.69. The Labute approximate surface area is 177 Å². The van der Waals surface area contributed by atoms with Gasteiger partial charge in [0.05, 0.1) is 5.56 Å². The van der Waals surface area contributed by atoms with E-state index in [0.29, 0.717) is 18.4 Å². The summed E-state index contributed by atoms with van der Waals surface area (Å²) < 4.78 is 81.5. The van der Waals surface area contributed by atoms with Crippen LogP contribution in [0.5, 0.6) is 11.6 Å². The zero-order chi connectivity index (χ0) is 22.6. The van der Waals surface area contributed by atoms with Gasteiger partial charge >= 0.3 is 12.4 Å². The molecule has 0 amide bonds. The molecule has 0 aliphatic carbocycles. The lowest BCUT2D eigenvalue weighted by Gasteiger charge is -2.12. The first-order valence-corrected chi connectivity index (χ1v) is 9.03. The van der Waals surface area contributed by atoms with Crippen molar-refractivity contribution in [3.05, 3.63) is 70.8 Å². The van der Waals surface area contributed by atoms with Gasteiger partial charge in [-0.25, -0.2) is 15.0 Å². The van der Waals surface area contributed by atoms with Gasteiger partial charge in [0.25, 0.3) is 0 Å². The van der Waals surface area contributed by atoms with Crippen LogP contribution in [-0.2, 0) is 18.8 Å². The van der Waals surface area contributed by atoms with Crippen LogP contribution >= 0.6 is 11.6 Å². The van der Waals surface area contributed by atoms with E-state index in [9.17, 15) is 26.3 Å². The molecule has 0 aliphatic rings. The molecule has 0 saturated heterocycles. The minimum Gasteiger partial charge on any atom is -0.439 e. The quantitative estimate of drug-likeness (QED) is 0.455. The molecular formula is C19H13ClF6N4O. The fraction of sp³-hybridized carbons (Fsp3) is 0.211. The van der Waals surface area contributed by atoms with Gasteiger partial charge in [-0.1, -0.05) is 23.7 Å². The smallest absolute Gasteiger partial charge is 0.435 e. The Balaban J connectivity index is 1.56. The maximum absolute atomic E-state index is 12.8. The monoisotopic (exact) mass is 462 g/mol. The van der Waals surface area contributed by atoms with Crippen molar-refractivity contribution in [2.45, 2.75) is 18.8 Å². The lowest BCUT2D eigenvalue weighted by Crippen LogP contribution is -2.13. The van der Waals surface area contributed by atoms with Crippen LogP contribution in [0.2, 0.25) is 5.02 Å². The number of rotatable bonds is 6. The number of alkyl halides is 6. The zero-order valence-electron chi connectivity index (χ0n) is 15.4. The largest absolute Gasteiger partial charge is 0.439 e. The number of nitrogens with zero attached hydrogens (tertiary/aromatic N) is 3. The minimum absolute atomic E-state index is 0.00119. The van der Waals surface area contributed by atoms with Gasteiger partial charge in [-0.15, -0.1) is 0 Å². The molecule has 0 atom stereocenters. The van der Waals surface area contributed by atoms with E-state index in [1.54, 1.807) is 24.3 Å². The molecule has 2 heterocycles. The van der Waals surface area contributed by atoms with E-state index in [1.165, 1.54) is 0 Å². The molecule has 164 valence electrons. The van der Waals surface area contributed by atoms with E-state index in [0.717, 1.165) is 24.0 Å². The predicted octanol–water partition coefficient (Wildman–Crippen LogP) is 6.01. The third-order valence-corrected chi connectivity index (χ3v) is 4.33. The summed E-state index contributed by atoms with van der Waals surface area (Å²) in [6, 6.07) is 8.56. The van der Waals surface area contributed by atoms with Crippen molar-refractivity contribution in [3.8, 4) is 11.6 Å². The zero-order valence-corrected chi connectivity index (χ0v) is 16.2. The van der Waals surface area contributed by atoms with Gasteiger partial charge in [0.2, 0.25) is 5.88 Å². The SMILES string of the molecule is FC(F)(F)c1ccc(Oc2ccc(CCNc3ncnc(C(F)(F)F)c3Cl)cc2)nc1. The van der Waals surface area contributed by atoms with Crippen molar-refractivity contribution in [2.24, 2.45) is 0 Å². The summed E-state index contributed by atoms with van der Waals surface area (Å²) >= 11 is 5.72. The molecule has 3 rings (SSSR count). The van der Waals surface area contributed by atoms with Crippen LogP contribution in [0.4, 0.5) is 32.2 Å². The highest BCUT2D eigenvalue weighted by Gasteiger charge is 2.36. The number of halogens is 7. The molecule has 0 bridgehead atoms. The van der Waals surface area contributed by atoms with Crippen LogP contribution in [0.25, 0.3) is 0 Å². The third kappa shape index (κ3) is 5.97. The summed E-state index contributed by atoms with van der Waals surface area (Å²) in [5.41, 5.74) is -1.28. The summed E-state index contributed by atoms with van der Waals surface area (Å²) in [5, 5.41) is 2.12. The van der Waals surface area contributed by atoms with E-state index in [4.69, 9.17) is 16.3 Å². The van der Waals surface area contributed by atoms with Gasteiger partial charge in [-0.3, -0.25) is 0 Å². The fourth-order valence-electron chi connectivity index (χ4n) is 2.47. The highest BCUT2D eigenvalue weighted by molar-refractivity contribution is 6.33. The van der Waals surface area contributed by atoms with Crippen LogP contribution < -0.4 is 10.1 Å². The van der Waals surface area contributed by atoms with Crippen molar-refractivity contribution in [1.29, 1.82) is 0 Å². The van der Waals surface area contributed by atoms with E-state index >= 15 is 0 Å². The number of anilines is 1. The number of aromatic nitrogens is 3. The summed E-state index contributed by atoms with van der Waals surface area (Å²) in [7, 11) is 0. The molecule has 3 aromatic rings. The molecule has 5 nitrogen and oxygen atoms in total. The molecule has 0 saturated carbocycles. The standard InChI is InChI=1S/C19H13ClF6N4O/c20-15-16(19(24,25)26)29-10-30-17(15)27-8-7-11-1-4-13(5-2-11)31-14-6-3-12(9-28-14)18(21,22)23/h1-6,9-10H,7-8H2,(H,27,29,30). The number of pyridine rings is 1. The van der Waals surface area contributed by atoms with Gasteiger partial charge in [0, 0.05) is 18.8 Å². The normalized spacial score (nSPS) is 12.0. The predicted molar refractivity (Wildman–Crippen MR) is 100.0 cm³/mol. The Bertz CT molecular complexity index is 1020. The number of hydrogen-bond acceptors (Lipinski definition) is 5. The third-order valence-electron chi connectivity index (χ3n) is 3.97. The van der Waals surface area contributed by atoms with Crippen molar-refractivity contribution < 1.29 is 31.1 Å². The van der Waals surface area contributed by atoms with Gasteiger partial charge in [-0.05, 0) is 30.2 Å². The average Bonchev–Trinajstić information content (AvgIpc) is 2.69. The van der Waals surface area contributed by atoms with Gasteiger partial charge in [0.15, 0.2) is 5.69 Å². The molecule has 0 spiro atoms. The topological polar surface area (TPSA) is 59.9 Å². The van der Waals surface area contributed by atoms with Crippen molar-refractivity contribution >= 4 is 17.4 Å². The summed E-state index contributed by atoms with van der Waals surface area (Å²) in [4.78, 5) is 10.5. The number of benzene rings is 1. The van der Waals surface area contributed by atoms with E-state index in [-0.39, 0.29) is 18.2 Å². The van der Waals surface area contributed by atoms with E-state index in [1.807, 2.05) is 0 Å². The fourth-order valence-corrected chi connectivity index (χ4v) is 2.74. The first kappa shape index (κ1) is 22.6. The Hall–Kier alpha value is -3.08. The Kier molecular flexibility index (Phi) is 6.54. The average molecular weight is 463 g/mol. The van der Waals surface area contributed by atoms with Crippen LogP contribution in [0.15, 0.2) is 48.9 Å². The van der Waals surface area contributed by atoms with Crippen molar-refractivity contribution in [2.75, 3.05) is 11.9 Å². The van der Waals surface area contributed by atoms with Crippen LogP contribution in [0, 0.1) is 0 Å². The molecule has 0 unspecified atom stereocenters. The lowest BCUT2D eigenvalue weighted by molar-refractivity contribution is -0.141. The molecule has 1 N–H and O–H groups in total. The lowest BCUT2D eigenvalue weighted by atomic mass is 10.1. The molecule has 12 heteroatoms. The molecule has 2 aromatic heterocycles. The maximum Gasteiger partial charge on any atom is 0.435 e. The molecule has 1 aromatic carbocycles. The molecule has 0 fully saturated rings.